The first kappa shape index (κ1) is 24.7. The third kappa shape index (κ3) is 3.23. The summed E-state index contributed by atoms with van der Waals surface area (Å²) in [6, 6.07) is 47.8. The predicted molar refractivity (Wildman–Crippen MR) is 183 cm³/mol. The molecule has 0 aliphatic heterocycles. The number of fused-ring (bicyclic) bond motifs is 4. The SMILES string of the molecule is CC1(C)c2ccccc2-c2ccc(N(c3cc4c5c(ccc6cccc(c65)C4(C)C)c3)c3cccc4ccccc34)cc21. The standard InChI is InChI=1S/C42H33N/c1-41(2)34-16-8-7-15-32(34)33-22-21-29(24-36(33)41)43(38-18-10-12-26-11-5-6-14-31(26)38)30-23-28-20-19-27-13-9-17-35-39(27)40(28)37(25-30)42(35,3)4/h5-25H,1-4H3. The van der Waals surface area contributed by atoms with E-state index in [2.05, 4.69) is 160 Å². The van der Waals surface area contributed by atoms with Crippen molar-refractivity contribution in [3.8, 4) is 11.1 Å². The predicted octanol–water partition coefficient (Wildman–Crippen LogP) is 11.6. The van der Waals surface area contributed by atoms with Crippen LogP contribution in [-0.2, 0) is 10.8 Å². The highest BCUT2D eigenvalue weighted by molar-refractivity contribution is 6.16. The molecule has 0 aromatic heterocycles. The number of benzene rings is 7. The number of rotatable bonds is 3. The van der Waals surface area contributed by atoms with Crippen LogP contribution in [0.2, 0.25) is 0 Å². The Morgan fingerprint density at radius 2 is 1.05 bits per heavy atom. The van der Waals surface area contributed by atoms with Crippen LogP contribution in [0.4, 0.5) is 17.1 Å². The minimum Gasteiger partial charge on any atom is -0.310 e. The van der Waals surface area contributed by atoms with Crippen molar-refractivity contribution in [2.45, 2.75) is 38.5 Å². The van der Waals surface area contributed by atoms with Gasteiger partial charge in [-0.25, -0.2) is 0 Å². The van der Waals surface area contributed by atoms with E-state index >= 15 is 0 Å². The molecule has 9 rings (SSSR count). The minimum atomic E-state index is -0.0799. The summed E-state index contributed by atoms with van der Waals surface area (Å²) in [5.74, 6) is 0. The molecule has 7 aromatic carbocycles. The molecule has 206 valence electrons. The molecule has 0 amide bonds. The van der Waals surface area contributed by atoms with Gasteiger partial charge in [-0.3, -0.25) is 0 Å². The van der Waals surface area contributed by atoms with Gasteiger partial charge in [0, 0.05) is 27.6 Å². The van der Waals surface area contributed by atoms with E-state index in [4.69, 9.17) is 0 Å². The Morgan fingerprint density at radius 1 is 0.419 bits per heavy atom. The minimum absolute atomic E-state index is 0.0704. The van der Waals surface area contributed by atoms with E-state index in [1.54, 1.807) is 0 Å². The van der Waals surface area contributed by atoms with E-state index < -0.39 is 0 Å². The van der Waals surface area contributed by atoms with Crippen LogP contribution in [0.25, 0.3) is 43.4 Å². The van der Waals surface area contributed by atoms with Crippen LogP contribution >= 0.6 is 0 Å². The molecule has 0 saturated carbocycles. The number of hydrogen-bond donors (Lipinski definition) is 0. The largest absolute Gasteiger partial charge is 0.310 e. The molecule has 0 bridgehead atoms. The summed E-state index contributed by atoms with van der Waals surface area (Å²) >= 11 is 0. The summed E-state index contributed by atoms with van der Waals surface area (Å²) in [6.07, 6.45) is 0. The molecule has 2 aliphatic rings. The summed E-state index contributed by atoms with van der Waals surface area (Å²) in [5, 5.41) is 7.96. The zero-order valence-corrected chi connectivity index (χ0v) is 25.1. The van der Waals surface area contributed by atoms with Crippen LogP contribution in [0.1, 0.15) is 49.9 Å². The van der Waals surface area contributed by atoms with Crippen LogP contribution in [0.3, 0.4) is 0 Å². The Kier molecular flexibility index (Phi) is 4.80. The van der Waals surface area contributed by atoms with E-state index in [1.807, 2.05) is 0 Å². The van der Waals surface area contributed by atoms with Gasteiger partial charge in [0.1, 0.15) is 0 Å². The Bertz CT molecular complexity index is 2300. The average molecular weight is 552 g/mol. The average Bonchev–Trinajstić information content (AvgIpc) is 3.40. The molecule has 7 aromatic rings. The van der Waals surface area contributed by atoms with Gasteiger partial charge in [-0.15, -0.1) is 0 Å². The third-order valence-corrected chi connectivity index (χ3v) is 10.4. The fraction of sp³-hybridized carbons (Fsp3) is 0.143. The second-order valence-corrected chi connectivity index (χ2v) is 13.4. The van der Waals surface area contributed by atoms with Gasteiger partial charge >= 0.3 is 0 Å². The van der Waals surface area contributed by atoms with Crippen molar-refractivity contribution in [2.75, 3.05) is 4.90 Å². The van der Waals surface area contributed by atoms with E-state index in [1.165, 1.54) is 82.8 Å². The number of hydrogen-bond acceptors (Lipinski definition) is 1. The van der Waals surface area contributed by atoms with Crippen molar-refractivity contribution in [2.24, 2.45) is 0 Å². The lowest BCUT2D eigenvalue weighted by atomic mass is 9.81. The molecular formula is C42H33N. The fourth-order valence-electron chi connectivity index (χ4n) is 8.18. The Hall–Kier alpha value is -4.88. The molecule has 43 heavy (non-hydrogen) atoms. The van der Waals surface area contributed by atoms with Gasteiger partial charge < -0.3 is 4.90 Å². The summed E-state index contributed by atoms with van der Waals surface area (Å²) in [6.45, 7) is 9.51. The van der Waals surface area contributed by atoms with Crippen LogP contribution in [-0.4, -0.2) is 0 Å². The molecule has 1 heteroatoms. The van der Waals surface area contributed by atoms with Crippen LogP contribution in [0.15, 0.2) is 127 Å². The van der Waals surface area contributed by atoms with Gasteiger partial charge in [0.25, 0.3) is 0 Å². The van der Waals surface area contributed by atoms with Gasteiger partial charge in [-0.05, 0) is 90.6 Å². The third-order valence-electron chi connectivity index (χ3n) is 10.4. The number of anilines is 3. The van der Waals surface area contributed by atoms with Crippen molar-refractivity contribution in [1.29, 1.82) is 0 Å². The van der Waals surface area contributed by atoms with Gasteiger partial charge in [0.2, 0.25) is 0 Å². The van der Waals surface area contributed by atoms with Gasteiger partial charge in [0.05, 0.1) is 5.69 Å². The topological polar surface area (TPSA) is 3.24 Å². The second-order valence-electron chi connectivity index (χ2n) is 13.4. The van der Waals surface area contributed by atoms with Gasteiger partial charge in [-0.2, -0.15) is 0 Å². The van der Waals surface area contributed by atoms with Crippen molar-refractivity contribution in [3.63, 3.8) is 0 Å². The zero-order chi connectivity index (χ0) is 29.1. The molecule has 0 spiro atoms. The molecular weight excluding hydrogens is 518 g/mol. The molecule has 0 atom stereocenters. The van der Waals surface area contributed by atoms with Crippen molar-refractivity contribution >= 4 is 49.4 Å². The lowest BCUT2D eigenvalue weighted by Crippen LogP contribution is -2.18. The van der Waals surface area contributed by atoms with Crippen LogP contribution in [0.5, 0.6) is 0 Å². The molecule has 0 saturated heterocycles. The van der Waals surface area contributed by atoms with Gasteiger partial charge in [-0.1, -0.05) is 125 Å². The monoisotopic (exact) mass is 551 g/mol. The highest BCUT2D eigenvalue weighted by Gasteiger charge is 2.37. The highest BCUT2D eigenvalue weighted by Crippen LogP contribution is 2.53. The molecule has 0 unspecified atom stereocenters. The maximum Gasteiger partial charge on any atom is 0.0540 e. The Morgan fingerprint density at radius 3 is 1.95 bits per heavy atom. The normalized spacial score (nSPS) is 15.3. The summed E-state index contributed by atoms with van der Waals surface area (Å²) in [5.41, 5.74) is 11.8. The van der Waals surface area contributed by atoms with Crippen LogP contribution < -0.4 is 4.90 Å². The quantitative estimate of drug-likeness (QED) is 0.197. The molecule has 0 heterocycles. The fourth-order valence-corrected chi connectivity index (χ4v) is 8.18. The molecule has 0 fully saturated rings. The molecule has 2 aliphatic carbocycles. The van der Waals surface area contributed by atoms with E-state index in [0.29, 0.717) is 0 Å². The smallest absolute Gasteiger partial charge is 0.0540 e. The Balaban J connectivity index is 1.34. The maximum absolute atomic E-state index is 2.50. The lowest BCUT2D eigenvalue weighted by Gasteiger charge is -2.30. The maximum atomic E-state index is 2.50. The second kappa shape index (κ2) is 8.36. The highest BCUT2D eigenvalue weighted by atomic mass is 15.1. The molecule has 0 radical (unpaired) electrons. The van der Waals surface area contributed by atoms with Crippen molar-refractivity contribution in [1.82, 2.24) is 0 Å². The van der Waals surface area contributed by atoms with Crippen LogP contribution in [0, 0.1) is 0 Å². The van der Waals surface area contributed by atoms with E-state index in [9.17, 15) is 0 Å². The van der Waals surface area contributed by atoms with E-state index in [0.717, 1.165) is 0 Å². The lowest BCUT2D eigenvalue weighted by molar-refractivity contribution is 0.660. The molecule has 1 nitrogen and oxygen atoms in total. The molecule has 0 N–H and O–H groups in total. The summed E-state index contributed by atoms with van der Waals surface area (Å²) < 4.78 is 0. The van der Waals surface area contributed by atoms with Crippen molar-refractivity contribution < 1.29 is 0 Å². The first-order valence-electron chi connectivity index (χ1n) is 15.4. The summed E-state index contributed by atoms with van der Waals surface area (Å²) in [7, 11) is 0. The summed E-state index contributed by atoms with van der Waals surface area (Å²) in [4.78, 5) is 2.50. The van der Waals surface area contributed by atoms with Crippen molar-refractivity contribution in [3.05, 3.63) is 150 Å². The first-order valence-corrected chi connectivity index (χ1v) is 15.4. The first-order chi connectivity index (χ1) is 20.8. The van der Waals surface area contributed by atoms with E-state index in [-0.39, 0.29) is 10.8 Å². The van der Waals surface area contributed by atoms with Gasteiger partial charge in [0.15, 0.2) is 0 Å². The Labute approximate surface area is 253 Å². The number of nitrogens with zero attached hydrogens (tertiary/aromatic N) is 1. The zero-order valence-electron chi connectivity index (χ0n) is 25.1.